The molecule has 0 fully saturated rings. The Labute approximate surface area is 109 Å². The highest BCUT2D eigenvalue weighted by Crippen LogP contribution is 2.00. The molecule has 1 rings (SSSR count). The molecule has 1 amide bonds. The molecule has 1 heterocycles. The van der Waals surface area contributed by atoms with Crippen molar-refractivity contribution in [3.05, 3.63) is 29.6 Å². The van der Waals surface area contributed by atoms with Crippen molar-refractivity contribution in [3.8, 4) is 0 Å². The number of pyridine rings is 1. The predicted octanol–water partition coefficient (Wildman–Crippen LogP) is 1.78. The van der Waals surface area contributed by atoms with E-state index in [2.05, 4.69) is 36.4 Å². The number of nitrogens with one attached hydrogen (secondary N) is 2. The molecule has 1 aromatic heterocycles. The summed E-state index contributed by atoms with van der Waals surface area (Å²) in [6, 6.07) is 3.93. The second kappa shape index (κ2) is 6.50. The molecule has 0 aliphatic carbocycles. The fourth-order valence-corrected chi connectivity index (χ4v) is 1.44. The van der Waals surface area contributed by atoms with E-state index in [4.69, 9.17) is 0 Å². The molecule has 0 radical (unpaired) electrons. The number of carbonyl (C=O) groups is 1. The van der Waals surface area contributed by atoms with Crippen molar-refractivity contribution in [2.75, 3.05) is 6.54 Å². The molecule has 0 aliphatic rings. The van der Waals surface area contributed by atoms with Crippen LogP contribution in [0.25, 0.3) is 0 Å². The van der Waals surface area contributed by atoms with E-state index in [-0.39, 0.29) is 11.4 Å². The van der Waals surface area contributed by atoms with Crippen molar-refractivity contribution >= 4 is 5.91 Å². The van der Waals surface area contributed by atoms with Gasteiger partial charge in [0.25, 0.3) is 0 Å². The zero-order chi connectivity index (χ0) is 13.6. The van der Waals surface area contributed by atoms with Crippen molar-refractivity contribution < 1.29 is 4.79 Å². The van der Waals surface area contributed by atoms with Crippen LogP contribution in [0.4, 0.5) is 0 Å². The highest BCUT2D eigenvalue weighted by Gasteiger charge is 2.09. The monoisotopic (exact) mass is 249 g/mol. The molecule has 18 heavy (non-hydrogen) atoms. The number of nitrogens with zero attached hydrogens (tertiary/aromatic N) is 1. The normalized spacial score (nSPS) is 11.3. The van der Waals surface area contributed by atoms with E-state index in [1.54, 1.807) is 6.20 Å². The van der Waals surface area contributed by atoms with E-state index in [0.717, 1.165) is 11.3 Å². The van der Waals surface area contributed by atoms with Crippen LogP contribution in [0.2, 0.25) is 0 Å². The molecule has 0 aromatic carbocycles. The number of carbonyl (C=O) groups excluding carboxylic acids is 1. The molecule has 4 heteroatoms. The fraction of sp³-hybridized carbons (Fsp3) is 0.571. The molecule has 2 N–H and O–H groups in total. The minimum absolute atomic E-state index is 0.0567. The van der Waals surface area contributed by atoms with Gasteiger partial charge in [0.1, 0.15) is 0 Å². The van der Waals surface area contributed by atoms with Crippen molar-refractivity contribution in [2.24, 2.45) is 0 Å². The Bertz CT molecular complexity index is 379. The third-order valence-corrected chi connectivity index (χ3v) is 2.47. The van der Waals surface area contributed by atoms with E-state index in [1.807, 2.05) is 19.1 Å². The zero-order valence-electron chi connectivity index (χ0n) is 11.7. The minimum Gasteiger partial charge on any atom is -0.352 e. The van der Waals surface area contributed by atoms with Crippen molar-refractivity contribution in [2.45, 2.75) is 46.2 Å². The smallest absolute Gasteiger partial charge is 0.221 e. The molecule has 1 aromatic rings. The number of aryl methyl sites for hydroxylation is 1. The number of aromatic nitrogens is 1. The number of amides is 1. The third-order valence-electron chi connectivity index (χ3n) is 2.47. The van der Waals surface area contributed by atoms with Crippen LogP contribution in [0.5, 0.6) is 0 Å². The van der Waals surface area contributed by atoms with Gasteiger partial charge in [0.15, 0.2) is 0 Å². The molecule has 0 bridgehead atoms. The van der Waals surface area contributed by atoms with Crippen molar-refractivity contribution in [3.63, 3.8) is 0 Å². The van der Waals surface area contributed by atoms with Gasteiger partial charge in [-0.05, 0) is 39.3 Å². The lowest BCUT2D eigenvalue weighted by atomic mass is 10.1. The Kier molecular flexibility index (Phi) is 5.28. The molecule has 0 saturated carbocycles. The van der Waals surface area contributed by atoms with Crippen LogP contribution < -0.4 is 10.6 Å². The van der Waals surface area contributed by atoms with Gasteiger partial charge in [-0.2, -0.15) is 0 Å². The maximum absolute atomic E-state index is 11.6. The Morgan fingerprint density at radius 2 is 2.06 bits per heavy atom. The molecule has 0 aliphatic heterocycles. The highest BCUT2D eigenvalue weighted by molar-refractivity contribution is 5.76. The summed E-state index contributed by atoms with van der Waals surface area (Å²) in [5.41, 5.74) is 2.07. The molecule has 0 unspecified atom stereocenters. The predicted molar refractivity (Wildman–Crippen MR) is 73.2 cm³/mol. The van der Waals surface area contributed by atoms with Crippen LogP contribution in [-0.2, 0) is 11.3 Å². The quantitative estimate of drug-likeness (QED) is 0.836. The number of hydrogen-bond acceptors (Lipinski definition) is 3. The largest absolute Gasteiger partial charge is 0.352 e. The third kappa shape index (κ3) is 6.35. The Morgan fingerprint density at radius 3 is 2.61 bits per heavy atom. The van der Waals surface area contributed by atoms with Gasteiger partial charge < -0.3 is 10.6 Å². The van der Waals surface area contributed by atoms with Gasteiger partial charge in [-0.15, -0.1) is 0 Å². The van der Waals surface area contributed by atoms with E-state index in [1.165, 1.54) is 0 Å². The maximum Gasteiger partial charge on any atom is 0.221 e. The van der Waals surface area contributed by atoms with Crippen LogP contribution in [-0.4, -0.2) is 23.0 Å². The first-order valence-electron chi connectivity index (χ1n) is 6.30. The number of hydrogen-bond donors (Lipinski definition) is 2. The molecule has 0 atom stereocenters. The second-order valence-corrected chi connectivity index (χ2v) is 5.51. The first-order valence-corrected chi connectivity index (χ1v) is 6.30. The van der Waals surface area contributed by atoms with Gasteiger partial charge >= 0.3 is 0 Å². The first-order chi connectivity index (χ1) is 8.37. The lowest BCUT2D eigenvalue weighted by Crippen LogP contribution is -2.38. The van der Waals surface area contributed by atoms with Crippen LogP contribution >= 0.6 is 0 Å². The van der Waals surface area contributed by atoms with Gasteiger partial charge in [-0.1, -0.05) is 6.07 Å². The van der Waals surface area contributed by atoms with E-state index < -0.39 is 0 Å². The standard InChI is InChI=1S/C14H23N3O/c1-11-5-6-12(9-15-11)10-16-13(18)7-8-17-14(2,3)4/h5-6,9,17H,7-8,10H2,1-4H3,(H,16,18). The average Bonchev–Trinajstić information content (AvgIpc) is 2.26. The SMILES string of the molecule is Cc1ccc(CNC(=O)CCNC(C)(C)C)cn1. The first kappa shape index (κ1) is 14.6. The summed E-state index contributed by atoms with van der Waals surface area (Å²) >= 11 is 0. The van der Waals surface area contributed by atoms with E-state index in [0.29, 0.717) is 19.5 Å². The number of rotatable bonds is 5. The summed E-state index contributed by atoms with van der Waals surface area (Å²) < 4.78 is 0. The summed E-state index contributed by atoms with van der Waals surface area (Å²) in [5.74, 6) is 0.0623. The summed E-state index contributed by atoms with van der Waals surface area (Å²) in [6.45, 7) is 9.44. The van der Waals surface area contributed by atoms with Gasteiger partial charge in [0.05, 0.1) is 0 Å². The second-order valence-electron chi connectivity index (χ2n) is 5.51. The fourth-order valence-electron chi connectivity index (χ4n) is 1.44. The van der Waals surface area contributed by atoms with Gasteiger partial charge in [-0.3, -0.25) is 9.78 Å². The molecular weight excluding hydrogens is 226 g/mol. The van der Waals surface area contributed by atoms with Crippen molar-refractivity contribution in [1.82, 2.24) is 15.6 Å². The lowest BCUT2D eigenvalue weighted by molar-refractivity contribution is -0.121. The summed E-state index contributed by atoms with van der Waals surface area (Å²) in [4.78, 5) is 15.8. The Morgan fingerprint density at radius 1 is 1.33 bits per heavy atom. The van der Waals surface area contributed by atoms with Gasteiger partial charge in [0.2, 0.25) is 5.91 Å². The van der Waals surface area contributed by atoms with Crippen LogP contribution in [0.15, 0.2) is 18.3 Å². The van der Waals surface area contributed by atoms with Gasteiger partial charge in [-0.25, -0.2) is 0 Å². The van der Waals surface area contributed by atoms with E-state index in [9.17, 15) is 4.79 Å². The summed E-state index contributed by atoms with van der Waals surface area (Å²) in [5, 5.41) is 6.17. The van der Waals surface area contributed by atoms with Crippen LogP contribution in [0, 0.1) is 6.92 Å². The molecule has 100 valence electrons. The highest BCUT2D eigenvalue weighted by atomic mass is 16.1. The molecule has 0 spiro atoms. The average molecular weight is 249 g/mol. The molecular formula is C14H23N3O. The Hall–Kier alpha value is -1.42. The zero-order valence-corrected chi connectivity index (χ0v) is 11.7. The minimum atomic E-state index is 0.0567. The molecule has 4 nitrogen and oxygen atoms in total. The summed E-state index contributed by atoms with van der Waals surface area (Å²) in [7, 11) is 0. The maximum atomic E-state index is 11.6. The Balaban J connectivity index is 2.23. The van der Waals surface area contributed by atoms with Crippen molar-refractivity contribution in [1.29, 1.82) is 0 Å². The van der Waals surface area contributed by atoms with Crippen LogP contribution in [0.1, 0.15) is 38.4 Å². The van der Waals surface area contributed by atoms with Crippen LogP contribution in [0.3, 0.4) is 0 Å². The summed E-state index contributed by atoms with van der Waals surface area (Å²) in [6.07, 6.45) is 2.29. The van der Waals surface area contributed by atoms with Gasteiger partial charge in [0, 0.05) is 36.9 Å². The lowest BCUT2D eigenvalue weighted by Gasteiger charge is -2.20. The topological polar surface area (TPSA) is 54.0 Å². The molecule has 0 saturated heterocycles. The van der Waals surface area contributed by atoms with E-state index >= 15 is 0 Å².